The molecule has 0 radical (unpaired) electrons. The monoisotopic (exact) mass is 283 g/mol. The van der Waals surface area contributed by atoms with Gasteiger partial charge in [-0.2, -0.15) is 5.10 Å². The summed E-state index contributed by atoms with van der Waals surface area (Å²) in [5.74, 6) is 0.598. The van der Waals surface area contributed by atoms with Gasteiger partial charge in [-0.15, -0.1) is 0 Å². The van der Waals surface area contributed by atoms with Crippen LogP contribution in [-0.4, -0.2) is 10.8 Å². The summed E-state index contributed by atoms with van der Waals surface area (Å²) in [5, 5.41) is 4.57. The van der Waals surface area contributed by atoms with Gasteiger partial charge in [-0.1, -0.05) is 57.8 Å². The Hall–Kier alpha value is -0.640. The zero-order valence-electron chi connectivity index (χ0n) is 12.3. The molecular formula is C15H29N3S. The molecule has 0 atom stereocenters. The maximum absolute atomic E-state index is 5.42. The Morgan fingerprint density at radius 2 is 1.37 bits per heavy atom. The van der Waals surface area contributed by atoms with Crippen molar-refractivity contribution < 1.29 is 0 Å². The number of nitrogens with two attached hydrogens (primary N) is 1. The molecule has 1 rings (SSSR count). The molecule has 0 unspecified atom stereocenters. The van der Waals surface area contributed by atoms with Crippen LogP contribution in [-0.2, 0) is 0 Å². The minimum atomic E-state index is 0.257. The number of rotatable bonds is 2. The van der Waals surface area contributed by atoms with Gasteiger partial charge in [-0.25, -0.2) is 0 Å². The number of hydrazone groups is 1. The van der Waals surface area contributed by atoms with Crippen molar-refractivity contribution in [2.75, 3.05) is 0 Å². The van der Waals surface area contributed by atoms with Crippen LogP contribution in [0.4, 0.5) is 0 Å². The van der Waals surface area contributed by atoms with Crippen molar-refractivity contribution in [3.8, 4) is 0 Å². The number of nitrogens with zero attached hydrogens (tertiary/aromatic N) is 1. The van der Waals surface area contributed by atoms with E-state index in [1.54, 1.807) is 0 Å². The second kappa shape index (κ2) is 10.2. The standard InChI is InChI=1S/C15H29N3S/c1-13(17-18-15(16)19)14-11-9-7-5-3-2-4-6-8-10-12-14/h14H,2-12H2,1H3,(H3,16,18,19)/b17-13+. The second-order valence-electron chi connectivity index (χ2n) is 5.69. The van der Waals surface area contributed by atoms with Crippen LogP contribution in [0.5, 0.6) is 0 Å². The van der Waals surface area contributed by atoms with Crippen molar-refractivity contribution in [3.05, 3.63) is 0 Å². The molecule has 0 aromatic rings. The Bertz CT molecular complexity index is 277. The van der Waals surface area contributed by atoms with Gasteiger partial charge in [0, 0.05) is 5.71 Å². The lowest BCUT2D eigenvalue weighted by Crippen LogP contribution is -2.26. The van der Waals surface area contributed by atoms with Gasteiger partial charge >= 0.3 is 0 Å². The molecule has 0 amide bonds. The number of thiocarbonyl (C=S) groups is 1. The predicted octanol–water partition coefficient (Wildman–Crippen LogP) is 4.12. The minimum absolute atomic E-state index is 0.257. The summed E-state index contributed by atoms with van der Waals surface area (Å²) >= 11 is 4.80. The van der Waals surface area contributed by atoms with Crippen LogP contribution in [0.15, 0.2) is 5.10 Å². The fraction of sp³-hybridized carbons (Fsp3) is 0.867. The Kier molecular flexibility index (Phi) is 8.80. The smallest absolute Gasteiger partial charge is 0.184 e. The van der Waals surface area contributed by atoms with E-state index in [0.29, 0.717) is 5.92 Å². The zero-order chi connectivity index (χ0) is 13.9. The second-order valence-corrected chi connectivity index (χ2v) is 6.13. The van der Waals surface area contributed by atoms with Crippen molar-refractivity contribution in [2.45, 2.75) is 77.6 Å². The Morgan fingerprint density at radius 1 is 0.947 bits per heavy atom. The molecule has 3 nitrogen and oxygen atoms in total. The summed E-state index contributed by atoms with van der Waals surface area (Å²) in [6.07, 6.45) is 15.0. The first-order chi connectivity index (χ1) is 9.20. The lowest BCUT2D eigenvalue weighted by atomic mass is 9.90. The van der Waals surface area contributed by atoms with Crippen molar-refractivity contribution >= 4 is 23.0 Å². The van der Waals surface area contributed by atoms with Gasteiger partial charge in [0.05, 0.1) is 0 Å². The van der Waals surface area contributed by atoms with Gasteiger partial charge in [-0.05, 0) is 37.9 Å². The third-order valence-electron chi connectivity index (χ3n) is 4.04. The SMILES string of the molecule is C/C(=N\NC(N)=S)C1CCCCCCCCCCC1. The van der Waals surface area contributed by atoms with Crippen molar-refractivity contribution in [2.24, 2.45) is 16.8 Å². The topological polar surface area (TPSA) is 50.4 Å². The van der Waals surface area contributed by atoms with Gasteiger partial charge in [0.1, 0.15) is 0 Å². The van der Waals surface area contributed by atoms with E-state index in [-0.39, 0.29) is 5.11 Å². The lowest BCUT2D eigenvalue weighted by molar-refractivity contribution is 0.463. The summed E-state index contributed by atoms with van der Waals surface area (Å²) in [5.41, 5.74) is 9.31. The van der Waals surface area contributed by atoms with Gasteiger partial charge < -0.3 is 5.73 Å². The minimum Gasteiger partial charge on any atom is -0.375 e. The van der Waals surface area contributed by atoms with Crippen LogP contribution in [0.2, 0.25) is 0 Å². The maximum atomic E-state index is 5.42. The van der Waals surface area contributed by atoms with E-state index in [1.165, 1.54) is 70.6 Å². The fourth-order valence-electron chi connectivity index (χ4n) is 2.82. The molecule has 3 N–H and O–H groups in total. The van der Waals surface area contributed by atoms with Crippen molar-refractivity contribution in [1.29, 1.82) is 0 Å². The largest absolute Gasteiger partial charge is 0.375 e. The molecule has 110 valence electrons. The molecule has 0 saturated heterocycles. The summed E-state index contributed by atoms with van der Waals surface area (Å²) < 4.78 is 0. The third-order valence-corrected chi connectivity index (χ3v) is 4.13. The maximum Gasteiger partial charge on any atom is 0.184 e. The van der Waals surface area contributed by atoms with Crippen molar-refractivity contribution in [1.82, 2.24) is 5.43 Å². The first kappa shape index (κ1) is 16.4. The third kappa shape index (κ3) is 8.19. The molecule has 0 heterocycles. The van der Waals surface area contributed by atoms with Crippen molar-refractivity contribution in [3.63, 3.8) is 0 Å². The van der Waals surface area contributed by atoms with E-state index in [4.69, 9.17) is 18.0 Å². The van der Waals surface area contributed by atoms with E-state index in [0.717, 1.165) is 5.71 Å². The van der Waals surface area contributed by atoms with E-state index in [1.807, 2.05) is 0 Å². The quantitative estimate of drug-likeness (QED) is 0.455. The summed E-state index contributed by atoms with van der Waals surface area (Å²) in [6, 6.07) is 0. The Balaban J connectivity index is 2.45. The zero-order valence-corrected chi connectivity index (χ0v) is 13.1. The average molecular weight is 283 g/mol. The normalized spacial score (nSPS) is 21.2. The van der Waals surface area contributed by atoms with Crippen LogP contribution in [0.1, 0.15) is 77.6 Å². The van der Waals surface area contributed by atoms with Gasteiger partial charge in [0.15, 0.2) is 5.11 Å². The Morgan fingerprint density at radius 3 is 1.79 bits per heavy atom. The van der Waals surface area contributed by atoms with Gasteiger partial charge in [-0.3, -0.25) is 5.43 Å². The number of hydrogen-bond acceptors (Lipinski definition) is 2. The highest BCUT2D eigenvalue weighted by Gasteiger charge is 2.12. The molecule has 0 aliphatic heterocycles. The molecule has 0 spiro atoms. The van der Waals surface area contributed by atoms with Gasteiger partial charge in [0.2, 0.25) is 0 Å². The van der Waals surface area contributed by atoms with Gasteiger partial charge in [0.25, 0.3) is 0 Å². The summed E-state index contributed by atoms with van der Waals surface area (Å²) in [7, 11) is 0. The van der Waals surface area contributed by atoms with Crippen LogP contribution < -0.4 is 11.2 Å². The van der Waals surface area contributed by atoms with Crippen LogP contribution in [0.25, 0.3) is 0 Å². The van der Waals surface area contributed by atoms with Crippen LogP contribution in [0.3, 0.4) is 0 Å². The molecule has 0 aromatic carbocycles. The molecule has 1 fully saturated rings. The molecular weight excluding hydrogens is 254 g/mol. The highest BCUT2D eigenvalue weighted by molar-refractivity contribution is 7.80. The molecule has 4 heteroatoms. The Labute approximate surface area is 123 Å². The van der Waals surface area contributed by atoms with E-state index < -0.39 is 0 Å². The number of hydrogen-bond donors (Lipinski definition) is 2. The van der Waals surface area contributed by atoms with E-state index >= 15 is 0 Å². The van der Waals surface area contributed by atoms with E-state index in [2.05, 4.69) is 17.5 Å². The average Bonchev–Trinajstić information content (AvgIpc) is 2.36. The fourth-order valence-corrected chi connectivity index (χ4v) is 2.86. The summed E-state index contributed by atoms with van der Waals surface area (Å²) in [4.78, 5) is 0. The first-order valence-corrected chi connectivity index (χ1v) is 8.20. The molecule has 0 aromatic heterocycles. The molecule has 19 heavy (non-hydrogen) atoms. The first-order valence-electron chi connectivity index (χ1n) is 7.80. The number of nitrogens with one attached hydrogen (secondary N) is 1. The molecule has 0 bridgehead atoms. The predicted molar refractivity (Wildman–Crippen MR) is 87.3 cm³/mol. The molecule has 1 aliphatic carbocycles. The highest BCUT2D eigenvalue weighted by Crippen LogP contribution is 2.22. The van der Waals surface area contributed by atoms with Crippen LogP contribution in [0, 0.1) is 5.92 Å². The molecule has 1 saturated carbocycles. The van der Waals surface area contributed by atoms with E-state index in [9.17, 15) is 0 Å². The summed E-state index contributed by atoms with van der Waals surface area (Å²) in [6.45, 7) is 2.10. The van der Waals surface area contributed by atoms with Crippen LogP contribution >= 0.6 is 12.2 Å². The molecule has 1 aliphatic rings. The lowest BCUT2D eigenvalue weighted by Gasteiger charge is -2.17. The highest BCUT2D eigenvalue weighted by atomic mass is 32.1.